The highest BCUT2D eigenvalue weighted by Gasteiger charge is 2.30. The van der Waals surface area contributed by atoms with Crippen molar-refractivity contribution in [2.75, 3.05) is 20.3 Å². The van der Waals surface area contributed by atoms with E-state index in [9.17, 15) is 9.59 Å². The Kier molecular flexibility index (Phi) is 7.82. The maximum atomic E-state index is 12.8. The second-order valence-electron chi connectivity index (χ2n) is 6.48. The van der Waals surface area contributed by atoms with Gasteiger partial charge in [0.1, 0.15) is 6.61 Å². The van der Waals surface area contributed by atoms with Crippen LogP contribution in [-0.2, 0) is 4.79 Å². The van der Waals surface area contributed by atoms with Crippen molar-refractivity contribution in [3.05, 3.63) is 56.0 Å². The SMILES string of the molecule is C#CCOc1c(I)cc(/C=C2\SC(=Nc3ccc(C(=O)O)cc3)N(C)C2=O)cc1OCC. The quantitative estimate of drug-likeness (QED) is 0.301. The molecule has 1 saturated heterocycles. The van der Waals surface area contributed by atoms with Crippen LogP contribution in [0.3, 0.4) is 0 Å². The van der Waals surface area contributed by atoms with Crippen molar-refractivity contribution < 1.29 is 24.2 Å². The number of thioether (sulfide) groups is 1. The van der Waals surface area contributed by atoms with Gasteiger partial charge in [0.15, 0.2) is 16.7 Å². The van der Waals surface area contributed by atoms with E-state index in [1.807, 2.05) is 13.0 Å². The smallest absolute Gasteiger partial charge is 0.335 e. The van der Waals surface area contributed by atoms with Crippen LogP contribution in [-0.4, -0.2) is 47.3 Å². The number of amidine groups is 1. The number of benzene rings is 2. The summed E-state index contributed by atoms with van der Waals surface area (Å²) >= 11 is 3.38. The summed E-state index contributed by atoms with van der Waals surface area (Å²) in [5.41, 5.74) is 1.51. The number of carboxylic acids is 1. The van der Waals surface area contributed by atoms with E-state index in [1.54, 1.807) is 31.3 Å². The van der Waals surface area contributed by atoms with Crippen LogP contribution < -0.4 is 9.47 Å². The summed E-state index contributed by atoms with van der Waals surface area (Å²) in [5, 5.41) is 9.52. The maximum Gasteiger partial charge on any atom is 0.335 e. The largest absolute Gasteiger partial charge is 0.490 e. The highest BCUT2D eigenvalue weighted by atomic mass is 127. The van der Waals surface area contributed by atoms with Crippen molar-refractivity contribution in [1.82, 2.24) is 4.90 Å². The minimum Gasteiger partial charge on any atom is -0.490 e. The minimum absolute atomic E-state index is 0.128. The van der Waals surface area contributed by atoms with Gasteiger partial charge in [0.05, 0.1) is 26.3 Å². The molecule has 32 heavy (non-hydrogen) atoms. The Balaban J connectivity index is 1.89. The van der Waals surface area contributed by atoms with Crippen LogP contribution in [0.2, 0.25) is 0 Å². The second-order valence-corrected chi connectivity index (χ2v) is 8.65. The number of ether oxygens (including phenoxy) is 2. The molecule has 3 rings (SSSR count). The molecule has 1 aliphatic heterocycles. The van der Waals surface area contributed by atoms with Gasteiger partial charge in [-0.3, -0.25) is 9.69 Å². The molecule has 1 fully saturated rings. The lowest BCUT2D eigenvalue weighted by molar-refractivity contribution is -0.121. The summed E-state index contributed by atoms with van der Waals surface area (Å²) in [6.45, 7) is 2.46. The van der Waals surface area contributed by atoms with E-state index < -0.39 is 5.97 Å². The Morgan fingerprint density at radius 3 is 2.66 bits per heavy atom. The molecule has 1 aliphatic rings. The number of carbonyl (C=O) groups excluding carboxylic acids is 1. The molecule has 164 valence electrons. The van der Waals surface area contributed by atoms with Crippen molar-refractivity contribution in [2.45, 2.75) is 6.92 Å². The number of terminal acetylenes is 1. The van der Waals surface area contributed by atoms with Gasteiger partial charge in [-0.1, -0.05) is 5.92 Å². The van der Waals surface area contributed by atoms with Gasteiger partial charge in [-0.05, 0) is 89.3 Å². The van der Waals surface area contributed by atoms with Gasteiger partial charge in [0.25, 0.3) is 5.91 Å². The molecule has 0 unspecified atom stereocenters. The van der Waals surface area contributed by atoms with E-state index in [0.717, 1.165) is 9.13 Å². The molecule has 0 atom stereocenters. The second kappa shape index (κ2) is 10.6. The molecule has 2 aromatic rings. The average molecular weight is 562 g/mol. The lowest BCUT2D eigenvalue weighted by Gasteiger charge is -2.13. The number of rotatable bonds is 7. The number of amides is 1. The zero-order valence-electron chi connectivity index (χ0n) is 17.3. The first-order valence-electron chi connectivity index (χ1n) is 9.46. The van der Waals surface area contributed by atoms with Gasteiger partial charge < -0.3 is 14.6 Å². The van der Waals surface area contributed by atoms with E-state index in [1.165, 1.54) is 28.8 Å². The summed E-state index contributed by atoms with van der Waals surface area (Å²) in [6, 6.07) is 9.83. The predicted molar refractivity (Wildman–Crippen MR) is 133 cm³/mol. The number of nitrogens with zero attached hydrogens (tertiary/aromatic N) is 2. The summed E-state index contributed by atoms with van der Waals surface area (Å²) in [6.07, 6.45) is 7.07. The number of hydrogen-bond acceptors (Lipinski definition) is 6. The molecule has 0 aromatic heterocycles. The first-order chi connectivity index (χ1) is 15.3. The van der Waals surface area contributed by atoms with E-state index in [4.69, 9.17) is 21.0 Å². The highest BCUT2D eigenvalue weighted by Crippen LogP contribution is 2.37. The summed E-state index contributed by atoms with van der Waals surface area (Å²) < 4.78 is 12.1. The number of carbonyl (C=O) groups is 2. The molecule has 0 aliphatic carbocycles. The maximum absolute atomic E-state index is 12.8. The molecule has 0 bridgehead atoms. The van der Waals surface area contributed by atoms with E-state index >= 15 is 0 Å². The first kappa shape index (κ1) is 23.7. The molecule has 2 aromatic carbocycles. The molecular weight excluding hydrogens is 543 g/mol. The van der Waals surface area contributed by atoms with E-state index in [2.05, 4.69) is 33.5 Å². The van der Waals surface area contributed by atoms with Crippen molar-refractivity contribution in [2.24, 2.45) is 4.99 Å². The van der Waals surface area contributed by atoms with E-state index in [0.29, 0.717) is 33.9 Å². The standard InChI is InChI=1S/C23H19IN2O5S/c1-4-10-31-20-17(24)11-14(12-18(20)30-5-2)13-19-21(27)26(3)23(32-19)25-16-8-6-15(7-9-16)22(28)29/h1,6-9,11-13H,5,10H2,2-3H3,(H,28,29)/b19-13-,25-23?. The summed E-state index contributed by atoms with van der Waals surface area (Å²) in [7, 11) is 1.65. The monoisotopic (exact) mass is 562 g/mol. The Hall–Kier alpha value is -2.97. The van der Waals surface area contributed by atoms with Gasteiger partial charge in [0.2, 0.25) is 0 Å². The van der Waals surface area contributed by atoms with Gasteiger partial charge >= 0.3 is 5.97 Å². The summed E-state index contributed by atoms with van der Waals surface area (Å²) in [4.78, 5) is 30.2. The number of halogens is 1. The molecule has 0 saturated carbocycles. The Morgan fingerprint density at radius 2 is 2.03 bits per heavy atom. The zero-order chi connectivity index (χ0) is 23.3. The molecule has 9 heteroatoms. The van der Waals surface area contributed by atoms with Crippen molar-refractivity contribution >= 4 is 63.2 Å². The fourth-order valence-corrected chi connectivity index (χ4v) is 4.55. The minimum atomic E-state index is -1.01. The van der Waals surface area contributed by atoms with Crippen molar-refractivity contribution in [3.63, 3.8) is 0 Å². The van der Waals surface area contributed by atoms with Crippen molar-refractivity contribution in [1.29, 1.82) is 0 Å². The van der Waals surface area contributed by atoms with Crippen LogP contribution in [0, 0.1) is 15.9 Å². The Morgan fingerprint density at radius 1 is 1.31 bits per heavy atom. The zero-order valence-corrected chi connectivity index (χ0v) is 20.3. The van der Waals surface area contributed by atoms with Gasteiger partial charge in [0, 0.05) is 7.05 Å². The lowest BCUT2D eigenvalue weighted by Crippen LogP contribution is -2.23. The third-order valence-electron chi connectivity index (χ3n) is 4.27. The Bertz CT molecular complexity index is 1150. The molecule has 1 N–H and O–H groups in total. The van der Waals surface area contributed by atoms with Crippen LogP contribution in [0.1, 0.15) is 22.8 Å². The first-order valence-corrected chi connectivity index (χ1v) is 11.4. The molecule has 1 heterocycles. The number of aliphatic imine (C=N–C) groups is 1. The van der Waals surface area contributed by atoms with Crippen LogP contribution in [0.15, 0.2) is 46.3 Å². The predicted octanol–water partition coefficient (Wildman–Crippen LogP) is 4.63. The fourth-order valence-electron chi connectivity index (χ4n) is 2.78. The number of likely N-dealkylation sites (N-methyl/N-ethyl adjacent to an activating group) is 1. The van der Waals surface area contributed by atoms with Gasteiger partial charge in [-0.25, -0.2) is 9.79 Å². The Labute approximate surface area is 203 Å². The highest BCUT2D eigenvalue weighted by molar-refractivity contribution is 14.1. The average Bonchev–Trinajstić information content (AvgIpc) is 3.01. The van der Waals surface area contributed by atoms with Gasteiger partial charge in [-0.2, -0.15) is 0 Å². The normalized spacial score (nSPS) is 15.8. The summed E-state index contributed by atoms with van der Waals surface area (Å²) in [5.74, 6) is 2.38. The fraction of sp³-hybridized carbons (Fsp3) is 0.174. The van der Waals surface area contributed by atoms with Crippen molar-refractivity contribution in [3.8, 4) is 23.8 Å². The molecular formula is C23H19IN2O5S. The molecule has 0 spiro atoms. The molecule has 1 amide bonds. The molecule has 0 radical (unpaired) electrons. The third kappa shape index (κ3) is 5.44. The van der Waals surface area contributed by atoms with E-state index in [-0.39, 0.29) is 18.1 Å². The van der Waals surface area contributed by atoms with Crippen LogP contribution in [0.25, 0.3) is 6.08 Å². The van der Waals surface area contributed by atoms with Gasteiger partial charge in [-0.15, -0.1) is 6.42 Å². The lowest BCUT2D eigenvalue weighted by atomic mass is 10.2. The topological polar surface area (TPSA) is 88.4 Å². The third-order valence-corrected chi connectivity index (χ3v) is 6.13. The van der Waals surface area contributed by atoms with Crippen LogP contribution in [0.5, 0.6) is 11.5 Å². The number of carboxylic acid groups (broad SMARTS) is 1. The number of aromatic carboxylic acids is 1. The molecule has 7 nitrogen and oxygen atoms in total. The number of hydrogen-bond donors (Lipinski definition) is 1. The van der Waals surface area contributed by atoms with Crippen LogP contribution >= 0.6 is 34.4 Å². The van der Waals surface area contributed by atoms with Crippen LogP contribution in [0.4, 0.5) is 5.69 Å².